The summed E-state index contributed by atoms with van der Waals surface area (Å²) in [5.74, 6) is 1.78. The molecule has 5 heteroatoms. The fraction of sp³-hybridized carbons (Fsp3) is 0.379. The molecule has 0 radical (unpaired) electrons. The number of rotatable bonds is 10. The number of methoxy groups -OCH3 is 1. The number of hydrogen-bond acceptors (Lipinski definition) is 4. The van der Waals surface area contributed by atoms with E-state index in [2.05, 4.69) is 4.98 Å². The Bertz CT molecular complexity index is 1030. The zero-order valence-electron chi connectivity index (χ0n) is 20.0. The van der Waals surface area contributed by atoms with E-state index in [0.717, 1.165) is 48.9 Å². The molecule has 1 amide bonds. The van der Waals surface area contributed by atoms with Crippen molar-refractivity contribution in [2.24, 2.45) is 5.92 Å². The van der Waals surface area contributed by atoms with E-state index in [4.69, 9.17) is 9.47 Å². The summed E-state index contributed by atoms with van der Waals surface area (Å²) in [4.78, 5) is 19.9. The molecule has 1 aliphatic rings. The molecule has 0 N–H and O–H groups in total. The molecule has 4 rings (SSSR count). The van der Waals surface area contributed by atoms with Gasteiger partial charge in [-0.3, -0.25) is 9.78 Å². The zero-order chi connectivity index (χ0) is 23.6. The van der Waals surface area contributed by atoms with Crippen LogP contribution < -0.4 is 9.47 Å². The summed E-state index contributed by atoms with van der Waals surface area (Å²) < 4.78 is 11.6. The molecule has 0 spiro atoms. The van der Waals surface area contributed by atoms with Crippen LogP contribution in [0.4, 0.5) is 0 Å². The SMILES string of the molecule is COc1cc(CN(CCc2ccccn2)C(=O)C2CCCCC2)ccc1OCc1ccccc1. The van der Waals surface area contributed by atoms with Crippen molar-refractivity contribution in [3.63, 3.8) is 0 Å². The Morgan fingerprint density at radius 2 is 1.74 bits per heavy atom. The molecule has 0 bridgehead atoms. The van der Waals surface area contributed by atoms with Gasteiger partial charge < -0.3 is 14.4 Å². The number of pyridine rings is 1. The number of ether oxygens (including phenoxy) is 2. The van der Waals surface area contributed by atoms with Gasteiger partial charge in [0.2, 0.25) is 5.91 Å². The van der Waals surface area contributed by atoms with Gasteiger partial charge in [0.25, 0.3) is 0 Å². The van der Waals surface area contributed by atoms with Crippen molar-refractivity contribution in [3.8, 4) is 11.5 Å². The summed E-state index contributed by atoms with van der Waals surface area (Å²) in [6, 6.07) is 22.0. The molecule has 1 heterocycles. The lowest BCUT2D eigenvalue weighted by Gasteiger charge is -2.29. The van der Waals surface area contributed by atoms with Crippen molar-refractivity contribution < 1.29 is 14.3 Å². The lowest BCUT2D eigenvalue weighted by atomic mass is 9.88. The van der Waals surface area contributed by atoms with Crippen LogP contribution in [0.2, 0.25) is 0 Å². The highest BCUT2D eigenvalue weighted by molar-refractivity contribution is 5.79. The lowest BCUT2D eigenvalue weighted by molar-refractivity contribution is -0.137. The van der Waals surface area contributed by atoms with Crippen molar-refractivity contribution in [2.75, 3.05) is 13.7 Å². The molecule has 0 unspecified atom stereocenters. The number of benzene rings is 2. The fourth-order valence-electron chi connectivity index (χ4n) is 4.56. The van der Waals surface area contributed by atoms with Crippen molar-refractivity contribution in [1.82, 2.24) is 9.88 Å². The van der Waals surface area contributed by atoms with E-state index in [1.54, 1.807) is 7.11 Å². The van der Waals surface area contributed by atoms with Gasteiger partial charge in [-0.1, -0.05) is 61.7 Å². The molecule has 1 fully saturated rings. The Balaban J connectivity index is 1.46. The molecular weight excluding hydrogens is 424 g/mol. The van der Waals surface area contributed by atoms with E-state index in [1.807, 2.05) is 77.8 Å². The number of carbonyl (C=O) groups excluding carboxylic acids is 1. The minimum Gasteiger partial charge on any atom is -0.493 e. The Morgan fingerprint density at radius 3 is 2.47 bits per heavy atom. The molecule has 1 aromatic heterocycles. The minimum absolute atomic E-state index is 0.132. The van der Waals surface area contributed by atoms with Crippen LogP contribution in [-0.2, 0) is 24.4 Å². The maximum Gasteiger partial charge on any atom is 0.225 e. The monoisotopic (exact) mass is 458 g/mol. The maximum atomic E-state index is 13.5. The third kappa shape index (κ3) is 6.60. The second-order valence-electron chi connectivity index (χ2n) is 8.93. The summed E-state index contributed by atoms with van der Waals surface area (Å²) in [6.07, 6.45) is 8.07. The minimum atomic E-state index is 0.132. The zero-order valence-corrected chi connectivity index (χ0v) is 20.0. The molecule has 0 atom stereocenters. The summed E-state index contributed by atoms with van der Waals surface area (Å²) in [5.41, 5.74) is 3.15. The van der Waals surface area contributed by atoms with Crippen LogP contribution >= 0.6 is 0 Å². The van der Waals surface area contributed by atoms with E-state index < -0.39 is 0 Å². The van der Waals surface area contributed by atoms with Crippen molar-refractivity contribution in [2.45, 2.75) is 51.7 Å². The summed E-state index contributed by atoms with van der Waals surface area (Å²) in [7, 11) is 1.65. The molecule has 2 aromatic carbocycles. The quantitative estimate of drug-likeness (QED) is 0.384. The second-order valence-corrected chi connectivity index (χ2v) is 8.93. The molecule has 5 nitrogen and oxygen atoms in total. The number of hydrogen-bond donors (Lipinski definition) is 0. The standard InChI is InChI=1S/C29H34N2O3/c1-33-28-20-24(15-16-27(28)34-22-23-10-4-2-5-11-23)21-31(19-17-26-14-8-9-18-30-26)29(32)25-12-6-3-7-13-25/h2,4-5,8-11,14-16,18,20,25H,3,6-7,12-13,17,19,21-22H2,1H3. The van der Waals surface area contributed by atoms with Crippen LogP contribution in [0.15, 0.2) is 72.9 Å². The van der Waals surface area contributed by atoms with Crippen LogP contribution in [0, 0.1) is 5.92 Å². The normalized spacial score (nSPS) is 13.9. The van der Waals surface area contributed by atoms with Crippen molar-refractivity contribution in [1.29, 1.82) is 0 Å². The Kier molecular flexibility index (Phi) is 8.55. The molecule has 0 saturated heterocycles. The van der Waals surface area contributed by atoms with Gasteiger partial charge in [-0.05, 0) is 48.2 Å². The predicted octanol–water partition coefficient (Wildman–Crippen LogP) is 5.82. The van der Waals surface area contributed by atoms with Crippen LogP contribution in [0.5, 0.6) is 11.5 Å². The van der Waals surface area contributed by atoms with E-state index in [1.165, 1.54) is 6.42 Å². The molecule has 1 aliphatic carbocycles. The van der Waals surface area contributed by atoms with Gasteiger partial charge in [0.15, 0.2) is 11.5 Å². The van der Waals surface area contributed by atoms with Gasteiger partial charge in [-0.25, -0.2) is 0 Å². The lowest BCUT2D eigenvalue weighted by Crippen LogP contribution is -2.38. The summed E-state index contributed by atoms with van der Waals surface area (Å²) >= 11 is 0. The highest BCUT2D eigenvalue weighted by Gasteiger charge is 2.26. The average Bonchev–Trinajstić information content (AvgIpc) is 2.91. The van der Waals surface area contributed by atoms with E-state index in [0.29, 0.717) is 31.2 Å². The smallest absolute Gasteiger partial charge is 0.225 e. The first kappa shape index (κ1) is 23.8. The Hall–Kier alpha value is -3.34. The molecule has 178 valence electrons. The molecule has 1 saturated carbocycles. The summed E-state index contributed by atoms with van der Waals surface area (Å²) in [6.45, 7) is 1.69. The third-order valence-electron chi connectivity index (χ3n) is 6.47. The first-order valence-electron chi connectivity index (χ1n) is 12.3. The van der Waals surface area contributed by atoms with Gasteiger partial charge in [-0.2, -0.15) is 0 Å². The van der Waals surface area contributed by atoms with Crippen LogP contribution in [-0.4, -0.2) is 29.4 Å². The summed E-state index contributed by atoms with van der Waals surface area (Å²) in [5, 5.41) is 0. The average molecular weight is 459 g/mol. The Labute approximate surface area is 202 Å². The Morgan fingerprint density at radius 1 is 0.941 bits per heavy atom. The van der Waals surface area contributed by atoms with Crippen molar-refractivity contribution >= 4 is 5.91 Å². The third-order valence-corrected chi connectivity index (χ3v) is 6.47. The van der Waals surface area contributed by atoms with Crippen LogP contribution in [0.1, 0.15) is 48.9 Å². The van der Waals surface area contributed by atoms with Gasteiger partial charge in [-0.15, -0.1) is 0 Å². The highest BCUT2D eigenvalue weighted by Crippen LogP contribution is 2.30. The van der Waals surface area contributed by atoms with E-state index >= 15 is 0 Å². The van der Waals surface area contributed by atoms with Gasteiger partial charge >= 0.3 is 0 Å². The fourth-order valence-corrected chi connectivity index (χ4v) is 4.56. The molecule has 0 aliphatic heterocycles. The number of nitrogens with zero attached hydrogens (tertiary/aromatic N) is 2. The van der Waals surface area contributed by atoms with E-state index in [-0.39, 0.29) is 11.8 Å². The van der Waals surface area contributed by atoms with Gasteiger partial charge in [0.05, 0.1) is 7.11 Å². The maximum absolute atomic E-state index is 13.5. The predicted molar refractivity (Wildman–Crippen MR) is 134 cm³/mol. The first-order chi connectivity index (χ1) is 16.7. The number of aromatic nitrogens is 1. The molecule has 3 aromatic rings. The first-order valence-corrected chi connectivity index (χ1v) is 12.3. The molecule has 34 heavy (non-hydrogen) atoms. The topological polar surface area (TPSA) is 51.7 Å². The van der Waals surface area contributed by atoms with Crippen LogP contribution in [0.3, 0.4) is 0 Å². The molecular formula is C29H34N2O3. The van der Waals surface area contributed by atoms with E-state index in [9.17, 15) is 4.79 Å². The van der Waals surface area contributed by atoms with Gasteiger partial charge in [0.1, 0.15) is 6.61 Å². The highest BCUT2D eigenvalue weighted by atomic mass is 16.5. The number of carbonyl (C=O) groups is 1. The van der Waals surface area contributed by atoms with Gasteiger partial charge in [0, 0.05) is 37.3 Å². The second kappa shape index (κ2) is 12.2. The van der Waals surface area contributed by atoms with Crippen LogP contribution in [0.25, 0.3) is 0 Å². The van der Waals surface area contributed by atoms with Crippen molar-refractivity contribution in [3.05, 3.63) is 89.7 Å². The number of amides is 1. The largest absolute Gasteiger partial charge is 0.493 e.